The molecule has 2 N–H and O–H groups in total. The first kappa shape index (κ1) is 13.7. The first-order valence-electron chi connectivity index (χ1n) is 6.26. The standard InChI is InChI=1S/C14H21NO2/c1-2-5-14(17)15-13-9-7-12(8-10-13)6-3-4-11-16/h7-10,16H,2-6,11H2,1H3,(H,15,17). The minimum absolute atomic E-state index is 0.0699. The number of hydrogen-bond acceptors (Lipinski definition) is 2. The van der Waals surface area contributed by atoms with E-state index in [4.69, 9.17) is 5.11 Å². The van der Waals surface area contributed by atoms with Crippen LogP contribution in [0.2, 0.25) is 0 Å². The Hall–Kier alpha value is -1.35. The fourth-order valence-corrected chi connectivity index (χ4v) is 1.65. The van der Waals surface area contributed by atoms with Gasteiger partial charge in [-0.3, -0.25) is 4.79 Å². The predicted octanol–water partition coefficient (Wildman–Crippen LogP) is 2.74. The van der Waals surface area contributed by atoms with Crippen molar-refractivity contribution in [3.05, 3.63) is 29.8 Å². The highest BCUT2D eigenvalue weighted by Gasteiger charge is 2.00. The van der Waals surface area contributed by atoms with E-state index in [1.807, 2.05) is 31.2 Å². The lowest BCUT2D eigenvalue weighted by Crippen LogP contribution is -2.10. The van der Waals surface area contributed by atoms with Crippen LogP contribution >= 0.6 is 0 Å². The smallest absolute Gasteiger partial charge is 0.224 e. The van der Waals surface area contributed by atoms with Gasteiger partial charge in [0.05, 0.1) is 0 Å². The van der Waals surface area contributed by atoms with Crippen LogP contribution in [-0.4, -0.2) is 17.6 Å². The molecule has 0 aliphatic rings. The van der Waals surface area contributed by atoms with Gasteiger partial charge in [-0.05, 0) is 43.4 Å². The Morgan fingerprint density at radius 3 is 2.53 bits per heavy atom. The summed E-state index contributed by atoms with van der Waals surface area (Å²) in [7, 11) is 0. The van der Waals surface area contributed by atoms with Crippen molar-refractivity contribution >= 4 is 11.6 Å². The van der Waals surface area contributed by atoms with E-state index in [0.717, 1.165) is 31.4 Å². The second kappa shape index (κ2) is 7.85. The monoisotopic (exact) mass is 235 g/mol. The molecule has 0 heterocycles. The Labute approximate surface area is 103 Å². The molecule has 0 aromatic heterocycles. The highest BCUT2D eigenvalue weighted by molar-refractivity contribution is 5.90. The molecule has 17 heavy (non-hydrogen) atoms. The quantitative estimate of drug-likeness (QED) is 0.714. The van der Waals surface area contributed by atoms with Crippen molar-refractivity contribution < 1.29 is 9.90 Å². The molecular formula is C14H21NO2. The number of benzene rings is 1. The van der Waals surface area contributed by atoms with Gasteiger partial charge in [-0.2, -0.15) is 0 Å². The number of aliphatic hydroxyl groups excluding tert-OH is 1. The average molecular weight is 235 g/mol. The number of unbranched alkanes of at least 4 members (excludes halogenated alkanes) is 1. The molecular weight excluding hydrogens is 214 g/mol. The number of nitrogens with one attached hydrogen (secondary N) is 1. The number of anilines is 1. The minimum Gasteiger partial charge on any atom is -0.396 e. The third-order valence-corrected chi connectivity index (χ3v) is 2.59. The number of aryl methyl sites for hydroxylation is 1. The Balaban J connectivity index is 2.41. The van der Waals surface area contributed by atoms with E-state index in [2.05, 4.69) is 5.32 Å². The first-order chi connectivity index (χ1) is 8.26. The maximum atomic E-state index is 11.4. The van der Waals surface area contributed by atoms with Crippen molar-refractivity contribution in [3.63, 3.8) is 0 Å². The van der Waals surface area contributed by atoms with Crippen molar-refractivity contribution in [2.75, 3.05) is 11.9 Å². The third kappa shape index (κ3) is 5.50. The molecule has 0 atom stereocenters. The lowest BCUT2D eigenvalue weighted by molar-refractivity contribution is -0.116. The van der Waals surface area contributed by atoms with E-state index in [9.17, 15) is 4.79 Å². The molecule has 0 saturated heterocycles. The first-order valence-corrected chi connectivity index (χ1v) is 6.26. The largest absolute Gasteiger partial charge is 0.396 e. The lowest BCUT2D eigenvalue weighted by Gasteiger charge is -2.05. The Bertz CT molecular complexity index is 333. The maximum Gasteiger partial charge on any atom is 0.224 e. The summed E-state index contributed by atoms with van der Waals surface area (Å²) in [6, 6.07) is 7.92. The summed E-state index contributed by atoms with van der Waals surface area (Å²) in [5.41, 5.74) is 2.10. The van der Waals surface area contributed by atoms with Crippen LogP contribution in [0.25, 0.3) is 0 Å². The van der Waals surface area contributed by atoms with Crippen LogP contribution in [0.1, 0.15) is 38.2 Å². The number of carbonyl (C=O) groups excluding carboxylic acids is 1. The van der Waals surface area contributed by atoms with Crippen molar-refractivity contribution in [1.29, 1.82) is 0 Å². The van der Waals surface area contributed by atoms with E-state index in [1.54, 1.807) is 0 Å². The number of amides is 1. The predicted molar refractivity (Wildman–Crippen MR) is 70.0 cm³/mol. The summed E-state index contributed by atoms with van der Waals surface area (Å²) in [5, 5.41) is 11.5. The normalized spacial score (nSPS) is 10.2. The Morgan fingerprint density at radius 2 is 1.94 bits per heavy atom. The summed E-state index contributed by atoms with van der Waals surface area (Å²) >= 11 is 0. The molecule has 3 heteroatoms. The van der Waals surface area contributed by atoms with Crippen LogP contribution in [0.3, 0.4) is 0 Å². The van der Waals surface area contributed by atoms with Crippen molar-refractivity contribution in [2.45, 2.75) is 39.0 Å². The molecule has 94 valence electrons. The van der Waals surface area contributed by atoms with Crippen molar-refractivity contribution in [1.82, 2.24) is 0 Å². The van der Waals surface area contributed by atoms with Crippen LogP contribution in [0.4, 0.5) is 5.69 Å². The second-order valence-corrected chi connectivity index (χ2v) is 4.18. The van der Waals surface area contributed by atoms with Gasteiger partial charge in [-0.1, -0.05) is 19.1 Å². The van der Waals surface area contributed by atoms with Gasteiger partial charge in [0.2, 0.25) is 5.91 Å². The molecule has 0 aliphatic carbocycles. The van der Waals surface area contributed by atoms with E-state index in [0.29, 0.717) is 6.42 Å². The van der Waals surface area contributed by atoms with Gasteiger partial charge in [0, 0.05) is 18.7 Å². The summed E-state index contributed by atoms with van der Waals surface area (Å²) in [5.74, 6) is 0.0699. The minimum atomic E-state index is 0.0699. The van der Waals surface area contributed by atoms with E-state index < -0.39 is 0 Å². The van der Waals surface area contributed by atoms with Gasteiger partial charge in [-0.25, -0.2) is 0 Å². The topological polar surface area (TPSA) is 49.3 Å². The summed E-state index contributed by atoms with van der Waals surface area (Å²) in [6.07, 6.45) is 4.25. The second-order valence-electron chi connectivity index (χ2n) is 4.18. The SMILES string of the molecule is CCCC(=O)Nc1ccc(CCCCO)cc1. The summed E-state index contributed by atoms with van der Waals surface area (Å²) < 4.78 is 0. The van der Waals surface area contributed by atoms with Crippen LogP contribution < -0.4 is 5.32 Å². The summed E-state index contributed by atoms with van der Waals surface area (Å²) in [6.45, 7) is 2.25. The highest BCUT2D eigenvalue weighted by atomic mass is 16.2. The molecule has 0 bridgehead atoms. The number of hydrogen-bond donors (Lipinski definition) is 2. The molecule has 3 nitrogen and oxygen atoms in total. The van der Waals surface area contributed by atoms with Crippen LogP contribution in [0, 0.1) is 0 Å². The Kier molecular flexibility index (Phi) is 6.33. The molecule has 0 fully saturated rings. The molecule has 1 aromatic rings. The fraction of sp³-hybridized carbons (Fsp3) is 0.500. The molecule has 1 aromatic carbocycles. The van der Waals surface area contributed by atoms with Crippen molar-refractivity contribution in [3.8, 4) is 0 Å². The van der Waals surface area contributed by atoms with Crippen molar-refractivity contribution in [2.24, 2.45) is 0 Å². The molecule has 0 aliphatic heterocycles. The number of carbonyl (C=O) groups is 1. The lowest BCUT2D eigenvalue weighted by atomic mass is 10.1. The zero-order valence-corrected chi connectivity index (χ0v) is 10.4. The van der Waals surface area contributed by atoms with Gasteiger partial charge >= 0.3 is 0 Å². The molecule has 1 amide bonds. The molecule has 0 spiro atoms. The Morgan fingerprint density at radius 1 is 1.24 bits per heavy atom. The molecule has 0 saturated carbocycles. The number of aliphatic hydroxyl groups is 1. The van der Waals surface area contributed by atoms with Gasteiger partial charge < -0.3 is 10.4 Å². The van der Waals surface area contributed by atoms with Crippen LogP contribution in [0.15, 0.2) is 24.3 Å². The van der Waals surface area contributed by atoms with E-state index in [1.165, 1.54) is 5.56 Å². The molecule has 0 radical (unpaired) electrons. The van der Waals surface area contributed by atoms with Crippen LogP contribution in [0.5, 0.6) is 0 Å². The van der Waals surface area contributed by atoms with Gasteiger partial charge in [0.25, 0.3) is 0 Å². The molecule has 1 rings (SSSR count). The van der Waals surface area contributed by atoms with Gasteiger partial charge in [0.15, 0.2) is 0 Å². The zero-order chi connectivity index (χ0) is 12.5. The van der Waals surface area contributed by atoms with Gasteiger partial charge in [0.1, 0.15) is 0 Å². The molecule has 0 unspecified atom stereocenters. The zero-order valence-electron chi connectivity index (χ0n) is 10.4. The fourth-order valence-electron chi connectivity index (χ4n) is 1.65. The van der Waals surface area contributed by atoms with E-state index >= 15 is 0 Å². The van der Waals surface area contributed by atoms with E-state index in [-0.39, 0.29) is 12.5 Å². The highest BCUT2D eigenvalue weighted by Crippen LogP contribution is 2.12. The van der Waals surface area contributed by atoms with Gasteiger partial charge in [-0.15, -0.1) is 0 Å². The average Bonchev–Trinajstić information content (AvgIpc) is 2.32. The van der Waals surface area contributed by atoms with Crippen LogP contribution in [-0.2, 0) is 11.2 Å². The summed E-state index contributed by atoms with van der Waals surface area (Å²) in [4.78, 5) is 11.4. The number of rotatable bonds is 7. The maximum absolute atomic E-state index is 11.4. The third-order valence-electron chi connectivity index (χ3n) is 2.59.